The van der Waals surface area contributed by atoms with Crippen LogP contribution in [0.4, 0.5) is 0 Å². The smallest absolute Gasteiger partial charge is 0.366 e. The number of amides is 3. The minimum absolute atomic E-state index is 0.261. The minimum atomic E-state index is -3.48. The largest absolute Gasteiger partial charge is 0.465 e. The fourth-order valence-corrected chi connectivity index (χ4v) is 12.8. The molecular weight excluding hydrogens is 1670 g/mol. The monoisotopic (exact) mass is 1760 g/mol. The Labute approximate surface area is 693 Å². The molecule has 3 amide bonds. The summed E-state index contributed by atoms with van der Waals surface area (Å²) in [6, 6.07) is 0.402. The molecule has 0 radical (unpaired) electrons. The van der Waals surface area contributed by atoms with Gasteiger partial charge < -0.3 is 130 Å². The summed E-state index contributed by atoms with van der Waals surface area (Å²) in [5.41, 5.74) is -0.261. The van der Waals surface area contributed by atoms with Crippen LogP contribution < -0.4 is 16.0 Å². The summed E-state index contributed by atoms with van der Waals surface area (Å²) >= 11 is 18.5. The second-order valence-corrected chi connectivity index (χ2v) is 28.6. The average Bonchev–Trinajstić information content (AvgIpc) is 0.742. The Morgan fingerprint density at radius 3 is 1.29 bits per heavy atom. The number of benzene rings is 1. The normalized spacial score (nSPS) is 27.5. The molecule has 0 spiro atoms. The van der Waals surface area contributed by atoms with E-state index >= 15 is 9.59 Å². The number of rotatable bonds is 37. The summed E-state index contributed by atoms with van der Waals surface area (Å²) in [4.78, 5) is 232. The number of carbonyl (C=O) groups excluding carboxylic acids is 17. The maximum absolute atomic E-state index is 15.6. The molecule has 0 aromatic heterocycles. The summed E-state index contributed by atoms with van der Waals surface area (Å²) < 4.78 is 139. The molecule has 45 nitrogen and oxygen atoms in total. The molecule has 0 saturated carbocycles. The van der Waals surface area contributed by atoms with Crippen molar-refractivity contribution in [2.45, 2.75) is 234 Å². The van der Waals surface area contributed by atoms with E-state index in [1.807, 2.05) is 0 Å². The topological polar surface area (TPSA) is 572 Å². The molecule has 1 aromatic carbocycles. The van der Waals surface area contributed by atoms with Crippen LogP contribution in [-0.2, 0) is 190 Å². The molecule has 0 unspecified atom stereocenters. The number of nitrogens with one attached hydrogen (secondary N) is 4. The van der Waals surface area contributed by atoms with Crippen molar-refractivity contribution in [1.82, 2.24) is 16.0 Å². The lowest BCUT2D eigenvalue weighted by molar-refractivity contribution is -0.376. The number of ether oxygens (including phenoxy) is 24. The van der Waals surface area contributed by atoms with Crippen LogP contribution in [0.15, 0.2) is 30.3 Å². The predicted octanol–water partition coefficient (Wildman–Crippen LogP) is -0.961. The highest BCUT2D eigenvalue weighted by atomic mass is 35.6. The van der Waals surface area contributed by atoms with Gasteiger partial charge in [-0.2, -0.15) is 0 Å². The van der Waals surface area contributed by atoms with Crippen LogP contribution >= 0.6 is 34.8 Å². The van der Waals surface area contributed by atoms with Gasteiger partial charge in [0.05, 0.1) is 51.3 Å². The Morgan fingerprint density at radius 1 is 0.462 bits per heavy atom. The molecule has 4 saturated heterocycles. The SMILES string of the molecule is COC(=O)[C@@]1(OC[C@H]2O[C@@H](O[C@H]3[C@@H](OC(C)=O)[C@@H](COC(C)=O)O[C@H](OC(=N)C(Cl)(Cl)Cl)[C@@H]3OC(=O)c3ccccc3)[C@H](NC(C)=O)[C@@H](O[C@]3(C(=O)OC)C[C@H](OC(C)=O)[C@@H](NC(=O)COC(C)=O)[C@H]([C@H](OC(C)=O)[C@@H](COC(C)=O)OC)O3)[C@H]2OC(C)=O)C[C@H](OC(C)=O)[C@@H](NC(=O)COC(C)=O)[C@H]([C@H](OC(C)=O)[C@@H](COC(C)=O)OC)O1. The van der Waals surface area contributed by atoms with Gasteiger partial charge in [-0.3, -0.25) is 72.5 Å². The van der Waals surface area contributed by atoms with Crippen LogP contribution in [0, 0.1) is 5.41 Å². The molecule has 5 rings (SSSR count). The molecule has 1 aromatic rings. The molecular formula is C71H93Cl3N4O41. The van der Waals surface area contributed by atoms with Crippen molar-refractivity contribution in [2.24, 2.45) is 0 Å². The number of alkyl halides is 3. The van der Waals surface area contributed by atoms with Crippen LogP contribution in [0.3, 0.4) is 0 Å². The lowest BCUT2D eigenvalue weighted by Crippen LogP contribution is -2.74. The zero-order chi connectivity index (χ0) is 89.3. The van der Waals surface area contributed by atoms with Gasteiger partial charge in [-0.25, -0.2) is 14.4 Å². The molecule has 4 fully saturated rings. The summed E-state index contributed by atoms with van der Waals surface area (Å²) in [5.74, 6) is -28.6. The summed E-state index contributed by atoms with van der Waals surface area (Å²) in [5, 5.41) is 16.2. The molecule has 4 aliphatic heterocycles. The molecule has 0 bridgehead atoms. The van der Waals surface area contributed by atoms with E-state index in [0.29, 0.717) is 0 Å². The lowest BCUT2D eigenvalue weighted by Gasteiger charge is -2.53. The van der Waals surface area contributed by atoms with Gasteiger partial charge in [0.15, 0.2) is 50.0 Å². The Hall–Kier alpha value is -9.81. The van der Waals surface area contributed by atoms with E-state index in [9.17, 15) is 71.9 Å². The van der Waals surface area contributed by atoms with E-state index in [1.165, 1.54) is 30.3 Å². The van der Waals surface area contributed by atoms with E-state index in [0.717, 1.165) is 112 Å². The number of hydrogen-bond acceptors (Lipinski definition) is 42. The Kier molecular flexibility index (Phi) is 38.2. The van der Waals surface area contributed by atoms with Gasteiger partial charge in [-0.15, -0.1) is 0 Å². The lowest BCUT2D eigenvalue weighted by atomic mass is 9.87. The van der Waals surface area contributed by atoms with E-state index in [2.05, 4.69) is 16.0 Å². The number of hydrogen-bond donors (Lipinski definition) is 4. The van der Waals surface area contributed by atoms with Crippen molar-refractivity contribution in [2.75, 3.05) is 68.1 Å². The minimum Gasteiger partial charge on any atom is -0.465 e. The number of carbonyl (C=O) groups is 17. The fourth-order valence-electron chi connectivity index (χ4n) is 12.6. The maximum atomic E-state index is 15.6. The zero-order valence-electron chi connectivity index (χ0n) is 67.0. The standard InChI is InChI=1S/C71H93Cl3N4O41/c1-30(79)76-53-60(119-70(68(95)99-16)23-44(107-37(8)86)52(78-50(92)29-104-35(6)84)59(118-70)55(109-39(10)88)46(97-14)25-101-32(3)81)56(110-40(11)89)48(112-64(53)115-61-57(111-41(12)90)47(26-102-33(4)82)113-65(116-66(75)71(72,73)74)62(61)114-63(93)42-20-18-17-19-21-42)27-105-69(67(94)98-15)22-43(106-36(7)85)51(77-49(91)28-103-34(5)83)58(117-69)54(108-38(9)87)45(96-13)24-100-31(2)80/h17-21,43-48,51-62,64-65,75H,22-29H2,1-16H3,(H,76,79)(H,77,91)(H,78,92)/t43-,44-,45+,46+,47+,48+,51+,52+,53+,54+,55+,56-,57-,58+,59+,60+,61-,62+,64-,65+,69+,70-/m0/s1. The van der Waals surface area contributed by atoms with Crippen LogP contribution in [0.2, 0.25) is 0 Å². The first-order valence-corrected chi connectivity index (χ1v) is 36.9. The van der Waals surface area contributed by atoms with Crippen LogP contribution in [-0.4, -0.2) is 313 Å². The van der Waals surface area contributed by atoms with E-state index in [1.54, 1.807) is 0 Å². The van der Waals surface area contributed by atoms with Gasteiger partial charge in [0, 0.05) is 97.3 Å². The van der Waals surface area contributed by atoms with Gasteiger partial charge in [0.25, 0.3) is 27.2 Å². The second kappa shape index (κ2) is 45.6. The third-order valence-electron chi connectivity index (χ3n) is 17.2. The van der Waals surface area contributed by atoms with Gasteiger partial charge in [-0.05, 0) is 12.1 Å². The number of methoxy groups -OCH3 is 4. The Bertz CT molecular complexity index is 3830. The zero-order valence-corrected chi connectivity index (χ0v) is 69.2. The average molecular weight is 1760 g/mol. The van der Waals surface area contributed by atoms with Gasteiger partial charge >= 0.3 is 83.6 Å². The molecule has 4 N–H and O–H groups in total. The maximum Gasteiger partial charge on any atom is 0.366 e. The van der Waals surface area contributed by atoms with Crippen molar-refractivity contribution >= 4 is 142 Å². The molecule has 48 heteroatoms. The van der Waals surface area contributed by atoms with Crippen molar-refractivity contribution in [1.29, 1.82) is 5.41 Å². The fraction of sp³-hybridized carbons (Fsp3) is 0.662. The van der Waals surface area contributed by atoms with Crippen molar-refractivity contribution in [3.63, 3.8) is 0 Å². The van der Waals surface area contributed by atoms with Gasteiger partial charge in [-0.1, -0.05) is 53.0 Å². The molecule has 4 heterocycles. The first-order valence-electron chi connectivity index (χ1n) is 35.7. The summed E-state index contributed by atoms with van der Waals surface area (Å²) in [6.07, 6.45) is -40.5. The third kappa shape index (κ3) is 29.3. The summed E-state index contributed by atoms with van der Waals surface area (Å²) in [6.45, 7) is 4.27. The summed E-state index contributed by atoms with van der Waals surface area (Å²) in [7, 11) is 3.52. The predicted molar refractivity (Wildman–Crippen MR) is 386 cm³/mol. The Balaban J connectivity index is 2.05. The number of esters is 14. The van der Waals surface area contributed by atoms with Gasteiger partial charge in [0.2, 0.25) is 18.1 Å². The van der Waals surface area contributed by atoms with Crippen LogP contribution in [0.1, 0.15) is 106 Å². The second-order valence-electron chi connectivity index (χ2n) is 26.3. The first-order chi connectivity index (χ1) is 55.7. The molecule has 22 atom stereocenters. The first kappa shape index (κ1) is 99.8. The quantitative estimate of drug-likeness (QED) is 0.0205. The highest BCUT2D eigenvalue weighted by molar-refractivity contribution is 6.76. The van der Waals surface area contributed by atoms with Crippen molar-refractivity contribution in [3.8, 4) is 0 Å². The van der Waals surface area contributed by atoms with Crippen molar-refractivity contribution in [3.05, 3.63) is 35.9 Å². The third-order valence-corrected chi connectivity index (χ3v) is 17.7. The van der Waals surface area contributed by atoms with Crippen LogP contribution in [0.5, 0.6) is 0 Å². The molecule has 664 valence electrons. The number of halogens is 3. The molecule has 119 heavy (non-hydrogen) atoms. The van der Waals surface area contributed by atoms with Gasteiger partial charge in [0.1, 0.15) is 86.9 Å². The highest BCUT2D eigenvalue weighted by Gasteiger charge is 2.66. The van der Waals surface area contributed by atoms with E-state index in [-0.39, 0.29) is 5.56 Å². The molecule has 0 aliphatic carbocycles. The van der Waals surface area contributed by atoms with E-state index in [4.69, 9.17) is 154 Å². The highest BCUT2D eigenvalue weighted by Crippen LogP contribution is 2.44. The van der Waals surface area contributed by atoms with E-state index < -0.39 is 297 Å². The molecule has 4 aliphatic rings. The Morgan fingerprint density at radius 2 is 0.882 bits per heavy atom. The van der Waals surface area contributed by atoms with Crippen molar-refractivity contribution < 1.29 is 195 Å². The van der Waals surface area contributed by atoms with Crippen LogP contribution in [0.25, 0.3) is 0 Å².